The summed E-state index contributed by atoms with van der Waals surface area (Å²) in [6.45, 7) is 0. The van der Waals surface area contributed by atoms with Gasteiger partial charge >= 0.3 is 4.96 Å². The number of para-hydroxylation sites is 2. The number of fused-ring (bicyclic) bond motifs is 3. The zero-order valence-corrected chi connectivity index (χ0v) is 9.90. The van der Waals surface area contributed by atoms with E-state index in [0.29, 0.717) is 0 Å². The highest BCUT2D eigenvalue weighted by molar-refractivity contribution is 7.14. The lowest BCUT2D eigenvalue weighted by Crippen LogP contribution is -2.68. The normalized spacial score (nSPS) is 11.5. The summed E-state index contributed by atoms with van der Waals surface area (Å²) < 4.78 is 36.1. The molecular formula is C9H7ClN2O4S. The highest BCUT2D eigenvalue weighted by Gasteiger charge is 2.10. The third-order valence-corrected chi connectivity index (χ3v) is 2.79. The summed E-state index contributed by atoms with van der Waals surface area (Å²) in [5.41, 5.74) is 2.44. The first-order valence-electron chi connectivity index (χ1n) is 4.42. The zero-order valence-electron chi connectivity index (χ0n) is 8.33. The lowest BCUT2D eigenvalue weighted by Gasteiger charge is -2.17. The van der Waals surface area contributed by atoms with E-state index in [1.165, 1.54) is 16.0 Å². The van der Waals surface area contributed by atoms with E-state index in [1.807, 2.05) is 6.07 Å². The molecule has 0 aliphatic carbocycles. The van der Waals surface area contributed by atoms with Crippen molar-refractivity contribution in [3.8, 4) is 0 Å². The summed E-state index contributed by atoms with van der Waals surface area (Å²) in [6.07, 6.45) is 2.08. The molecular weight excluding hydrogens is 268 g/mol. The second-order valence-corrected chi connectivity index (χ2v) is 4.75. The molecule has 0 unspecified atom stereocenters. The van der Waals surface area contributed by atoms with Gasteiger partial charge in [-0.25, -0.2) is 23.6 Å². The number of aromatic amines is 1. The Balaban J connectivity index is 0.000000188. The number of nitrogens with zero attached hydrogens (tertiary/aromatic N) is 1. The van der Waals surface area contributed by atoms with Crippen molar-refractivity contribution in [1.82, 2.24) is 4.98 Å². The lowest BCUT2D eigenvalue weighted by atomic mass is 10.3. The second-order valence-electron chi connectivity index (χ2n) is 3.10. The number of hydrogen-bond donors (Lipinski definition) is 1. The van der Waals surface area contributed by atoms with Crippen molar-refractivity contribution in [3.63, 3.8) is 0 Å². The third-order valence-electron chi connectivity index (χ3n) is 2.01. The van der Waals surface area contributed by atoms with Crippen LogP contribution < -0.4 is 23.0 Å². The lowest BCUT2D eigenvalue weighted by molar-refractivity contribution is -2.00. The number of nitrogens with one attached hydrogen (secondary N) is 1. The molecule has 2 aromatic heterocycles. The molecule has 0 aliphatic heterocycles. The molecule has 3 aromatic rings. The zero-order chi connectivity index (χ0) is 12.5. The van der Waals surface area contributed by atoms with Crippen molar-refractivity contribution >= 4 is 27.3 Å². The molecule has 0 aliphatic rings. The Labute approximate surface area is 102 Å². The topological polar surface area (TPSA) is 112 Å². The van der Waals surface area contributed by atoms with Gasteiger partial charge in [0.25, 0.3) is 0 Å². The first kappa shape index (κ1) is 12.2. The van der Waals surface area contributed by atoms with Crippen molar-refractivity contribution in [2.45, 2.75) is 0 Å². The van der Waals surface area contributed by atoms with Crippen molar-refractivity contribution in [3.05, 3.63) is 35.8 Å². The van der Waals surface area contributed by atoms with Crippen LogP contribution in [0.2, 0.25) is 0 Å². The minimum atomic E-state index is -4.94. The average Bonchev–Trinajstić information content (AvgIpc) is 2.73. The molecule has 3 rings (SSSR count). The van der Waals surface area contributed by atoms with E-state index >= 15 is 0 Å². The number of halogens is 1. The fraction of sp³-hybridized carbons (Fsp3) is 0. The predicted octanol–water partition coefficient (Wildman–Crippen LogP) is -2.79. The van der Waals surface area contributed by atoms with Crippen LogP contribution in [0.4, 0.5) is 0 Å². The molecule has 8 heteroatoms. The highest BCUT2D eigenvalue weighted by Crippen LogP contribution is 2.12. The number of aromatic nitrogens is 2. The largest absolute Gasteiger partial charge is 0.344 e. The average molecular weight is 275 g/mol. The van der Waals surface area contributed by atoms with Gasteiger partial charge in [-0.05, 0) is 12.1 Å². The van der Waals surface area contributed by atoms with Gasteiger partial charge in [0.15, 0.2) is 11.0 Å². The smallest absolute Gasteiger partial charge is 0.227 e. The molecule has 1 aromatic carbocycles. The predicted molar refractivity (Wildman–Crippen MR) is 49.3 cm³/mol. The van der Waals surface area contributed by atoms with Gasteiger partial charge in [-0.1, -0.05) is 23.5 Å². The number of benzene rings is 1. The molecule has 0 radical (unpaired) electrons. The summed E-state index contributed by atoms with van der Waals surface area (Å²) >= 11 is 1.72. The van der Waals surface area contributed by atoms with E-state index in [0.717, 1.165) is 0 Å². The number of imidazole rings is 1. The molecule has 2 heterocycles. The minimum absolute atomic E-state index is 1.19. The SMILES string of the molecule is [O-][Cl+3]([O-])([O-])[O-].c1ccc2c(c1)[nH]c1scc[n+]12. The fourth-order valence-electron chi connectivity index (χ4n) is 1.46. The van der Waals surface area contributed by atoms with Crippen LogP contribution in [0, 0.1) is 10.2 Å². The third kappa shape index (κ3) is 3.13. The van der Waals surface area contributed by atoms with Crippen LogP contribution >= 0.6 is 11.3 Å². The quantitative estimate of drug-likeness (QED) is 0.447. The van der Waals surface area contributed by atoms with Crippen LogP contribution in [-0.4, -0.2) is 4.98 Å². The van der Waals surface area contributed by atoms with Crippen LogP contribution in [0.25, 0.3) is 16.0 Å². The first-order valence-corrected chi connectivity index (χ1v) is 6.54. The summed E-state index contributed by atoms with van der Waals surface area (Å²) in [6, 6.07) is 8.31. The molecule has 0 atom stereocenters. The van der Waals surface area contributed by atoms with E-state index in [1.54, 1.807) is 11.3 Å². The van der Waals surface area contributed by atoms with E-state index in [4.69, 9.17) is 18.6 Å². The summed E-state index contributed by atoms with van der Waals surface area (Å²) in [4.78, 5) is 4.53. The number of hydrogen-bond acceptors (Lipinski definition) is 5. The molecule has 0 amide bonds. The van der Waals surface area contributed by atoms with Gasteiger partial charge in [0.05, 0.1) is 0 Å². The summed E-state index contributed by atoms with van der Waals surface area (Å²) in [7, 11) is -4.94. The Morgan fingerprint density at radius 1 is 1.12 bits per heavy atom. The monoisotopic (exact) mass is 274 g/mol. The number of H-pyrrole nitrogens is 1. The second kappa shape index (κ2) is 4.57. The molecule has 6 nitrogen and oxygen atoms in total. The van der Waals surface area contributed by atoms with Crippen molar-refractivity contribution < 1.29 is 33.3 Å². The van der Waals surface area contributed by atoms with Crippen LogP contribution in [0.15, 0.2) is 35.8 Å². The molecule has 17 heavy (non-hydrogen) atoms. The standard InChI is InChI=1S/C9H6N2S.ClHO4/c1-2-4-8-7(3-1)10-9-11(8)5-6-12-9;2-1(3,4)5/h1-6H;(H,2,3,4,5). The minimum Gasteiger partial charge on any atom is -0.227 e. The van der Waals surface area contributed by atoms with Gasteiger partial charge in [0, 0.05) is 5.38 Å². The summed E-state index contributed by atoms with van der Waals surface area (Å²) in [5.74, 6) is 0. The van der Waals surface area contributed by atoms with Gasteiger partial charge in [-0.15, -0.1) is 10.2 Å². The van der Waals surface area contributed by atoms with Crippen molar-refractivity contribution in [2.75, 3.05) is 0 Å². The van der Waals surface area contributed by atoms with Gasteiger partial charge in [0.2, 0.25) is 0 Å². The number of thiazole rings is 1. The Hall–Kier alpha value is -1.22. The molecule has 0 spiro atoms. The van der Waals surface area contributed by atoms with Crippen LogP contribution in [0.5, 0.6) is 0 Å². The Morgan fingerprint density at radius 2 is 1.76 bits per heavy atom. The first-order chi connectivity index (χ1) is 7.95. The van der Waals surface area contributed by atoms with E-state index in [9.17, 15) is 0 Å². The molecule has 90 valence electrons. The fourth-order valence-corrected chi connectivity index (χ4v) is 2.22. The Morgan fingerprint density at radius 3 is 2.47 bits per heavy atom. The maximum atomic E-state index is 8.49. The van der Waals surface area contributed by atoms with E-state index < -0.39 is 10.2 Å². The maximum absolute atomic E-state index is 8.49. The Bertz CT molecular complexity index is 624. The van der Waals surface area contributed by atoms with Crippen LogP contribution in [-0.2, 0) is 0 Å². The van der Waals surface area contributed by atoms with Crippen LogP contribution in [0.1, 0.15) is 0 Å². The molecule has 0 bridgehead atoms. The molecule has 1 N–H and O–H groups in total. The van der Waals surface area contributed by atoms with Gasteiger partial charge in [0.1, 0.15) is 6.20 Å². The summed E-state index contributed by atoms with van der Waals surface area (Å²) in [5, 5.41) is 2.08. The molecule has 0 fully saturated rings. The van der Waals surface area contributed by atoms with Crippen molar-refractivity contribution in [1.29, 1.82) is 0 Å². The van der Waals surface area contributed by atoms with Gasteiger partial charge in [-0.2, -0.15) is 4.40 Å². The highest BCUT2D eigenvalue weighted by atomic mass is 35.7. The van der Waals surface area contributed by atoms with Gasteiger partial charge in [-0.3, -0.25) is 0 Å². The van der Waals surface area contributed by atoms with E-state index in [-0.39, 0.29) is 0 Å². The van der Waals surface area contributed by atoms with Crippen LogP contribution in [0.3, 0.4) is 0 Å². The van der Waals surface area contributed by atoms with Gasteiger partial charge < -0.3 is 0 Å². The molecule has 0 saturated carbocycles. The molecule has 0 saturated heterocycles. The van der Waals surface area contributed by atoms with Crippen molar-refractivity contribution in [2.24, 2.45) is 0 Å². The number of rotatable bonds is 0. The van der Waals surface area contributed by atoms with E-state index in [2.05, 4.69) is 39.2 Å². The Kier molecular flexibility index (Phi) is 3.29. The maximum Gasteiger partial charge on any atom is 0.344 e.